The molecule has 0 aromatic heterocycles. The lowest BCUT2D eigenvalue weighted by Gasteiger charge is -2.40. The van der Waals surface area contributed by atoms with Crippen molar-refractivity contribution >= 4 is 17.5 Å². The maximum absolute atomic E-state index is 13.5. The molecular formula is C27H26N2O4. The SMILES string of the molecule is COc1cc2c(cc1OC)C(c1ccccc1)N(C1CC(=O)N(c3ccccc3)C1=O)CC2. The van der Waals surface area contributed by atoms with Crippen molar-refractivity contribution in [3.63, 3.8) is 0 Å². The predicted octanol–water partition coefficient (Wildman–Crippen LogP) is 3.98. The molecule has 2 aliphatic rings. The smallest absolute Gasteiger partial charge is 0.251 e. The van der Waals surface area contributed by atoms with Crippen LogP contribution >= 0.6 is 0 Å². The molecule has 0 aliphatic carbocycles. The highest BCUT2D eigenvalue weighted by molar-refractivity contribution is 6.22. The number of amides is 2. The number of methoxy groups -OCH3 is 2. The molecule has 0 radical (unpaired) electrons. The van der Waals surface area contributed by atoms with Crippen LogP contribution in [0.15, 0.2) is 72.8 Å². The van der Waals surface area contributed by atoms with Gasteiger partial charge in [0.15, 0.2) is 11.5 Å². The third kappa shape index (κ3) is 3.66. The van der Waals surface area contributed by atoms with Crippen molar-refractivity contribution in [2.24, 2.45) is 0 Å². The number of imide groups is 1. The van der Waals surface area contributed by atoms with Crippen LogP contribution in [0.5, 0.6) is 11.5 Å². The molecule has 2 aliphatic heterocycles. The molecule has 3 aromatic rings. The van der Waals surface area contributed by atoms with Crippen molar-refractivity contribution < 1.29 is 19.1 Å². The molecule has 1 saturated heterocycles. The molecule has 2 atom stereocenters. The van der Waals surface area contributed by atoms with E-state index in [2.05, 4.69) is 17.0 Å². The van der Waals surface area contributed by atoms with E-state index in [1.54, 1.807) is 26.4 Å². The van der Waals surface area contributed by atoms with Crippen LogP contribution in [0.25, 0.3) is 0 Å². The first-order valence-corrected chi connectivity index (χ1v) is 11.1. The Bertz CT molecular complexity index is 1180. The highest BCUT2D eigenvalue weighted by Crippen LogP contribution is 2.43. The van der Waals surface area contributed by atoms with Gasteiger partial charge >= 0.3 is 0 Å². The third-order valence-electron chi connectivity index (χ3n) is 6.56. The molecule has 0 spiro atoms. The Labute approximate surface area is 193 Å². The summed E-state index contributed by atoms with van der Waals surface area (Å²) in [6.07, 6.45) is 0.919. The predicted molar refractivity (Wildman–Crippen MR) is 126 cm³/mol. The lowest BCUT2D eigenvalue weighted by atomic mass is 9.86. The summed E-state index contributed by atoms with van der Waals surface area (Å²) in [4.78, 5) is 30.0. The number of anilines is 1. The summed E-state index contributed by atoms with van der Waals surface area (Å²) in [6, 6.07) is 22.6. The molecule has 0 saturated carbocycles. The van der Waals surface area contributed by atoms with E-state index >= 15 is 0 Å². The molecule has 33 heavy (non-hydrogen) atoms. The Hall–Kier alpha value is -3.64. The molecule has 2 unspecified atom stereocenters. The minimum Gasteiger partial charge on any atom is -0.493 e. The van der Waals surface area contributed by atoms with Gasteiger partial charge in [-0.05, 0) is 47.4 Å². The van der Waals surface area contributed by atoms with Gasteiger partial charge in [-0.2, -0.15) is 0 Å². The average Bonchev–Trinajstić information content (AvgIpc) is 3.16. The van der Waals surface area contributed by atoms with Crippen LogP contribution in [0.3, 0.4) is 0 Å². The zero-order valence-electron chi connectivity index (χ0n) is 18.7. The lowest BCUT2D eigenvalue weighted by molar-refractivity contribution is -0.123. The van der Waals surface area contributed by atoms with E-state index in [1.807, 2.05) is 48.5 Å². The highest BCUT2D eigenvalue weighted by atomic mass is 16.5. The monoisotopic (exact) mass is 442 g/mol. The zero-order chi connectivity index (χ0) is 22.9. The van der Waals surface area contributed by atoms with E-state index in [1.165, 1.54) is 4.90 Å². The highest BCUT2D eigenvalue weighted by Gasteiger charge is 2.46. The minimum atomic E-state index is -0.524. The van der Waals surface area contributed by atoms with Gasteiger partial charge in [0.05, 0.1) is 38.4 Å². The quantitative estimate of drug-likeness (QED) is 0.560. The van der Waals surface area contributed by atoms with E-state index in [-0.39, 0.29) is 24.3 Å². The number of nitrogens with zero attached hydrogens (tertiary/aromatic N) is 2. The summed E-state index contributed by atoms with van der Waals surface area (Å²) in [5.74, 6) is 1.01. The van der Waals surface area contributed by atoms with Crippen LogP contribution < -0.4 is 14.4 Å². The summed E-state index contributed by atoms with van der Waals surface area (Å²) < 4.78 is 11.1. The number of carbonyl (C=O) groups is 2. The third-order valence-corrected chi connectivity index (χ3v) is 6.56. The molecule has 6 nitrogen and oxygen atoms in total. The van der Waals surface area contributed by atoms with Gasteiger partial charge in [0, 0.05) is 6.54 Å². The number of fused-ring (bicyclic) bond motifs is 1. The van der Waals surface area contributed by atoms with Crippen LogP contribution in [0.2, 0.25) is 0 Å². The molecule has 2 amide bonds. The Kier molecular flexibility index (Phi) is 5.60. The van der Waals surface area contributed by atoms with Gasteiger partial charge in [-0.25, -0.2) is 4.90 Å². The molecular weight excluding hydrogens is 416 g/mol. The zero-order valence-corrected chi connectivity index (χ0v) is 18.7. The first-order chi connectivity index (χ1) is 16.1. The van der Waals surface area contributed by atoms with E-state index in [0.717, 1.165) is 23.1 Å². The van der Waals surface area contributed by atoms with Gasteiger partial charge in [-0.1, -0.05) is 48.5 Å². The standard InChI is InChI=1S/C27H26N2O4/c1-32-23-15-19-13-14-28(22-17-25(30)29(27(22)31)20-11-7-4-8-12-20)26(18-9-5-3-6-10-18)21(19)16-24(23)33-2/h3-12,15-16,22,26H,13-14,17H2,1-2H3. The van der Waals surface area contributed by atoms with Gasteiger partial charge in [0.2, 0.25) is 5.91 Å². The van der Waals surface area contributed by atoms with Crippen LogP contribution in [-0.4, -0.2) is 43.5 Å². The fourth-order valence-electron chi connectivity index (χ4n) is 5.03. The van der Waals surface area contributed by atoms with Crippen LogP contribution in [0.1, 0.15) is 29.2 Å². The number of hydrogen-bond donors (Lipinski definition) is 0. The molecule has 168 valence electrons. The van der Waals surface area contributed by atoms with E-state index in [9.17, 15) is 9.59 Å². The normalized spacial score (nSPS) is 20.6. The second-order valence-electron chi connectivity index (χ2n) is 8.33. The molecule has 1 fully saturated rings. The van der Waals surface area contributed by atoms with Crippen molar-refractivity contribution in [1.82, 2.24) is 4.90 Å². The van der Waals surface area contributed by atoms with Crippen LogP contribution in [0.4, 0.5) is 5.69 Å². The average molecular weight is 443 g/mol. The maximum Gasteiger partial charge on any atom is 0.251 e. The first-order valence-electron chi connectivity index (χ1n) is 11.1. The van der Waals surface area contributed by atoms with Gasteiger partial charge in [0.25, 0.3) is 5.91 Å². The summed E-state index contributed by atoms with van der Waals surface area (Å²) in [5.41, 5.74) is 3.93. The van der Waals surface area contributed by atoms with Crippen molar-refractivity contribution in [2.45, 2.75) is 24.9 Å². The van der Waals surface area contributed by atoms with Crippen molar-refractivity contribution in [3.8, 4) is 11.5 Å². The van der Waals surface area contributed by atoms with Gasteiger partial charge in [0.1, 0.15) is 0 Å². The van der Waals surface area contributed by atoms with Crippen molar-refractivity contribution in [2.75, 3.05) is 25.7 Å². The van der Waals surface area contributed by atoms with Gasteiger partial charge in [-0.3, -0.25) is 14.5 Å². The van der Waals surface area contributed by atoms with E-state index < -0.39 is 6.04 Å². The van der Waals surface area contributed by atoms with Gasteiger partial charge < -0.3 is 9.47 Å². The Balaban J connectivity index is 1.58. The molecule has 0 bridgehead atoms. The molecule has 6 heteroatoms. The summed E-state index contributed by atoms with van der Waals surface area (Å²) in [5, 5.41) is 0. The number of rotatable bonds is 5. The van der Waals surface area contributed by atoms with E-state index in [4.69, 9.17) is 9.47 Å². The number of carbonyl (C=O) groups excluding carboxylic acids is 2. The number of ether oxygens (including phenoxy) is 2. The Morgan fingerprint density at radius 3 is 2.15 bits per heavy atom. The second kappa shape index (κ2) is 8.71. The fraction of sp³-hybridized carbons (Fsp3) is 0.259. The summed E-state index contributed by atoms with van der Waals surface area (Å²) in [7, 11) is 3.26. The minimum absolute atomic E-state index is 0.166. The maximum atomic E-state index is 13.5. The largest absolute Gasteiger partial charge is 0.493 e. The topological polar surface area (TPSA) is 59.1 Å². The number of para-hydroxylation sites is 1. The van der Waals surface area contributed by atoms with E-state index in [0.29, 0.717) is 23.7 Å². The van der Waals surface area contributed by atoms with Gasteiger partial charge in [-0.15, -0.1) is 0 Å². The molecule has 0 N–H and O–H groups in total. The second-order valence-corrected chi connectivity index (χ2v) is 8.33. The molecule has 3 aromatic carbocycles. The number of benzene rings is 3. The summed E-state index contributed by atoms with van der Waals surface area (Å²) >= 11 is 0. The lowest BCUT2D eigenvalue weighted by Crippen LogP contribution is -2.47. The number of hydrogen-bond acceptors (Lipinski definition) is 5. The van der Waals surface area contributed by atoms with Crippen molar-refractivity contribution in [3.05, 3.63) is 89.5 Å². The van der Waals surface area contributed by atoms with Crippen LogP contribution in [-0.2, 0) is 16.0 Å². The van der Waals surface area contributed by atoms with Crippen molar-refractivity contribution in [1.29, 1.82) is 0 Å². The van der Waals surface area contributed by atoms with Crippen LogP contribution in [0, 0.1) is 0 Å². The molecule has 2 heterocycles. The Morgan fingerprint density at radius 1 is 0.848 bits per heavy atom. The summed E-state index contributed by atoms with van der Waals surface area (Å²) in [6.45, 7) is 0.661. The Morgan fingerprint density at radius 2 is 1.48 bits per heavy atom. The fourth-order valence-corrected chi connectivity index (χ4v) is 5.03. The molecule has 5 rings (SSSR count). The first kappa shape index (κ1) is 21.2.